The van der Waals surface area contributed by atoms with E-state index in [9.17, 15) is 4.79 Å². The molecule has 1 rings (SSSR count). The van der Waals surface area contributed by atoms with Gasteiger partial charge in [0.05, 0.1) is 13.5 Å². The molecule has 13 heavy (non-hydrogen) atoms. The van der Waals surface area contributed by atoms with Gasteiger partial charge in [-0.05, 0) is 24.1 Å². The third-order valence-corrected chi connectivity index (χ3v) is 1.80. The van der Waals surface area contributed by atoms with Gasteiger partial charge in [0.1, 0.15) is 5.82 Å². The van der Waals surface area contributed by atoms with Gasteiger partial charge in [0.15, 0.2) is 0 Å². The molecule has 70 valence electrons. The highest BCUT2D eigenvalue weighted by Gasteiger charge is 2.06. The zero-order valence-corrected chi connectivity index (χ0v) is 7.70. The fraction of sp³-hybridized carbons (Fsp3) is 0.333. The molecule has 4 heteroatoms. The SMILES string of the molecule is COC(=O)Cc1cc(N)ncc1C. The Kier molecular flexibility index (Phi) is 2.84. The van der Waals surface area contributed by atoms with Gasteiger partial charge in [-0.25, -0.2) is 4.98 Å². The lowest BCUT2D eigenvalue weighted by Gasteiger charge is -2.04. The van der Waals surface area contributed by atoms with Gasteiger partial charge < -0.3 is 10.5 Å². The van der Waals surface area contributed by atoms with Crippen LogP contribution in [0.3, 0.4) is 0 Å². The van der Waals surface area contributed by atoms with E-state index in [0.717, 1.165) is 11.1 Å². The molecule has 0 aliphatic heterocycles. The Morgan fingerprint density at radius 2 is 2.38 bits per heavy atom. The first-order valence-electron chi connectivity index (χ1n) is 3.91. The normalized spacial score (nSPS) is 9.69. The summed E-state index contributed by atoms with van der Waals surface area (Å²) in [4.78, 5) is 14.9. The third kappa shape index (κ3) is 2.43. The lowest BCUT2D eigenvalue weighted by atomic mass is 10.1. The molecule has 0 radical (unpaired) electrons. The summed E-state index contributed by atoms with van der Waals surface area (Å²) in [5.74, 6) is 0.151. The summed E-state index contributed by atoms with van der Waals surface area (Å²) in [6, 6.07) is 1.69. The van der Waals surface area contributed by atoms with E-state index in [1.807, 2.05) is 6.92 Å². The summed E-state index contributed by atoms with van der Waals surface area (Å²) in [5.41, 5.74) is 7.29. The minimum absolute atomic E-state index is 0.245. The Labute approximate surface area is 76.7 Å². The van der Waals surface area contributed by atoms with Gasteiger partial charge in [0.2, 0.25) is 0 Å². The lowest BCUT2D eigenvalue weighted by molar-refractivity contribution is -0.139. The summed E-state index contributed by atoms with van der Waals surface area (Å²) >= 11 is 0. The number of hydrogen-bond donors (Lipinski definition) is 1. The van der Waals surface area contributed by atoms with Gasteiger partial charge in [-0.2, -0.15) is 0 Å². The number of nitrogens with two attached hydrogens (primary N) is 1. The van der Waals surface area contributed by atoms with Crippen LogP contribution in [0.1, 0.15) is 11.1 Å². The van der Waals surface area contributed by atoms with Crippen molar-refractivity contribution in [2.24, 2.45) is 0 Å². The minimum atomic E-state index is -0.270. The van der Waals surface area contributed by atoms with Gasteiger partial charge >= 0.3 is 5.97 Å². The number of carbonyl (C=O) groups is 1. The highest BCUT2D eigenvalue weighted by Crippen LogP contribution is 2.10. The Hall–Kier alpha value is -1.58. The Morgan fingerprint density at radius 1 is 1.69 bits per heavy atom. The van der Waals surface area contributed by atoms with Crippen LogP contribution >= 0.6 is 0 Å². The summed E-state index contributed by atoms with van der Waals surface area (Å²) in [6.07, 6.45) is 1.89. The number of methoxy groups -OCH3 is 1. The molecule has 0 saturated carbocycles. The van der Waals surface area contributed by atoms with Gasteiger partial charge in [-0.3, -0.25) is 4.79 Å². The van der Waals surface area contributed by atoms with Crippen molar-refractivity contribution < 1.29 is 9.53 Å². The van der Waals surface area contributed by atoms with Crippen molar-refractivity contribution in [2.45, 2.75) is 13.3 Å². The molecule has 0 aliphatic carbocycles. The largest absolute Gasteiger partial charge is 0.469 e. The molecule has 0 amide bonds. The average Bonchev–Trinajstić information content (AvgIpc) is 2.11. The first-order valence-corrected chi connectivity index (χ1v) is 3.91. The average molecular weight is 180 g/mol. The van der Waals surface area contributed by atoms with Crippen LogP contribution in [0.4, 0.5) is 5.82 Å². The second-order valence-corrected chi connectivity index (χ2v) is 2.79. The zero-order valence-electron chi connectivity index (χ0n) is 7.70. The number of ether oxygens (including phenoxy) is 1. The van der Waals surface area contributed by atoms with Gasteiger partial charge in [0, 0.05) is 6.20 Å². The van der Waals surface area contributed by atoms with E-state index in [2.05, 4.69) is 9.72 Å². The summed E-state index contributed by atoms with van der Waals surface area (Å²) < 4.78 is 4.55. The minimum Gasteiger partial charge on any atom is -0.469 e. The molecule has 2 N–H and O–H groups in total. The molecule has 0 saturated heterocycles. The first kappa shape index (κ1) is 9.51. The van der Waals surface area contributed by atoms with E-state index < -0.39 is 0 Å². The predicted octanol–water partition coefficient (Wildman–Crippen LogP) is 0.688. The van der Waals surface area contributed by atoms with Crippen molar-refractivity contribution >= 4 is 11.8 Å². The quantitative estimate of drug-likeness (QED) is 0.680. The maximum absolute atomic E-state index is 11.0. The lowest BCUT2D eigenvalue weighted by Crippen LogP contribution is -2.06. The molecule has 1 heterocycles. The van der Waals surface area contributed by atoms with Gasteiger partial charge in [0.25, 0.3) is 0 Å². The van der Waals surface area contributed by atoms with Gasteiger partial charge in [-0.1, -0.05) is 0 Å². The second-order valence-electron chi connectivity index (χ2n) is 2.79. The molecule has 0 aromatic carbocycles. The Bertz CT molecular complexity index is 323. The number of aromatic nitrogens is 1. The molecule has 0 spiro atoms. The monoisotopic (exact) mass is 180 g/mol. The van der Waals surface area contributed by atoms with Crippen molar-refractivity contribution in [1.29, 1.82) is 0 Å². The van der Waals surface area contributed by atoms with Crippen molar-refractivity contribution in [1.82, 2.24) is 4.98 Å². The number of rotatable bonds is 2. The Balaban J connectivity index is 2.87. The zero-order chi connectivity index (χ0) is 9.84. The van der Waals surface area contributed by atoms with Crippen LogP contribution in [0.2, 0.25) is 0 Å². The number of hydrogen-bond acceptors (Lipinski definition) is 4. The maximum atomic E-state index is 11.0. The number of nitrogens with zero attached hydrogens (tertiary/aromatic N) is 1. The second kappa shape index (κ2) is 3.89. The summed E-state index contributed by atoms with van der Waals surface area (Å²) in [5, 5.41) is 0. The molecule has 1 aromatic heterocycles. The van der Waals surface area contributed by atoms with E-state index in [0.29, 0.717) is 5.82 Å². The van der Waals surface area contributed by atoms with Crippen LogP contribution < -0.4 is 5.73 Å². The fourth-order valence-corrected chi connectivity index (χ4v) is 1.00. The number of aryl methyl sites for hydroxylation is 1. The van der Waals surface area contributed by atoms with Crippen LogP contribution in [0.5, 0.6) is 0 Å². The molecular weight excluding hydrogens is 168 g/mol. The maximum Gasteiger partial charge on any atom is 0.309 e. The molecule has 0 fully saturated rings. The molecular formula is C9H12N2O2. The van der Waals surface area contributed by atoms with Crippen LogP contribution in [0, 0.1) is 6.92 Å². The number of nitrogen functional groups attached to an aromatic ring is 1. The van der Waals surface area contributed by atoms with Crippen LogP contribution in [-0.2, 0) is 16.0 Å². The van der Waals surface area contributed by atoms with Crippen molar-refractivity contribution in [3.63, 3.8) is 0 Å². The van der Waals surface area contributed by atoms with Crippen molar-refractivity contribution in [3.8, 4) is 0 Å². The molecule has 1 aromatic rings. The predicted molar refractivity (Wildman–Crippen MR) is 49.1 cm³/mol. The summed E-state index contributed by atoms with van der Waals surface area (Å²) in [7, 11) is 1.36. The highest BCUT2D eigenvalue weighted by molar-refractivity contribution is 5.73. The smallest absolute Gasteiger partial charge is 0.309 e. The van der Waals surface area contributed by atoms with Crippen molar-refractivity contribution in [2.75, 3.05) is 12.8 Å². The molecule has 4 nitrogen and oxygen atoms in total. The van der Waals surface area contributed by atoms with E-state index in [4.69, 9.17) is 5.73 Å². The van der Waals surface area contributed by atoms with Crippen LogP contribution in [-0.4, -0.2) is 18.1 Å². The van der Waals surface area contributed by atoms with E-state index in [1.165, 1.54) is 7.11 Å². The molecule has 0 unspecified atom stereocenters. The number of pyridine rings is 1. The van der Waals surface area contributed by atoms with Crippen LogP contribution in [0.15, 0.2) is 12.3 Å². The molecule has 0 atom stereocenters. The third-order valence-electron chi connectivity index (χ3n) is 1.80. The number of anilines is 1. The van der Waals surface area contributed by atoms with Gasteiger partial charge in [-0.15, -0.1) is 0 Å². The van der Waals surface area contributed by atoms with E-state index in [-0.39, 0.29) is 12.4 Å². The Morgan fingerprint density at radius 3 is 3.00 bits per heavy atom. The summed E-state index contributed by atoms with van der Waals surface area (Å²) in [6.45, 7) is 1.88. The highest BCUT2D eigenvalue weighted by atomic mass is 16.5. The van der Waals surface area contributed by atoms with Crippen molar-refractivity contribution in [3.05, 3.63) is 23.4 Å². The standard InChI is InChI=1S/C9H12N2O2/c1-6-5-11-8(10)3-7(6)4-9(12)13-2/h3,5H,4H2,1-2H3,(H2,10,11). The fourth-order valence-electron chi connectivity index (χ4n) is 1.00. The van der Waals surface area contributed by atoms with E-state index >= 15 is 0 Å². The van der Waals surface area contributed by atoms with E-state index in [1.54, 1.807) is 12.3 Å². The number of esters is 1. The molecule has 0 aliphatic rings. The topological polar surface area (TPSA) is 65.2 Å². The van der Waals surface area contributed by atoms with Crippen LogP contribution in [0.25, 0.3) is 0 Å². The first-order chi connectivity index (χ1) is 6.13. The molecule has 0 bridgehead atoms. The number of carbonyl (C=O) groups excluding carboxylic acids is 1.